The fourth-order valence-corrected chi connectivity index (χ4v) is 6.51. The van der Waals surface area contributed by atoms with E-state index in [0.717, 1.165) is 17.7 Å². The zero-order valence-electron chi connectivity index (χ0n) is 27.0. The number of para-hydroxylation sites is 1. The summed E-state index contributed by atoms with van der Waals surface area (Å²) in [4.78, 5) is 60.7. The third-order valence-corrected chi connectivity index (χ3v) is 9.07. The molecule has 3 aromatic carbocycles. The molecule has 48 heavy (non-hydrogen) atoms. The predicted molar refractivity (Wildman–Crippen MR) is 173 cm³/mol. The Morgan fingerprint density at radius 2 is 1.73 bits per heavy atom. The Kier molecular flexibility index (Phi) is 9.35. The van der Waals surface area contributed by atoms with Gasteiger partial charge in [0.05, 0.1) is 12.0 Å². The van der Waals surface area contributed by atoms with Crippen molar-refractivity contribution in [3.63, 3.8) is 0 Å². The number of alkyl halides is 3. The van der Waals surface area contributed by atoms with Crippen LogP contribution in [0.2, 0.25) is 0 Å². The van der Waals surface area contributed by atoms with E-state index in [-0.39, 0.29) is 36.8 Å². The van der Waals surface area contributed by atoms with Gasteiger partial charge < -0.3 is 15.5 Å². The van der Waals surface area contributed by atoms with Crippen LogP contribution >= 0.6 is 0 Å². The Balaban J connectivity index is 1.31. The summed E-state index contributed by atoms with van der Waals surface area (Å²) >= 11 is 0. The Hall–Kier alpha value is -5.18. The van der Waals surface area contributed by atoms with E-state index in [1.165, 1.54) is 48.0 Å². The number of fused-ring (bicyclic) bond motifs is 2. The Morgan fingerprint density at radius 3 is 2.38 bits per heavy atom. The molecule has 1 saturated heterocycles. The third kappa shape index (κ3) is 6.50. The number of nitrogens with zero attached hydrogens (tertiary/aromatic N) is 3. The first kappa shape index (κ1) is 34.2. The van der Waals surface area contributed by atoms with Crippen LogP contribution in [0.1, 0.15) is 55.1 Å². The molecule has 0 radical (unpaired) electrons. The molecule has 250 valence electrons. The van der Waals surface area contributed by atoms with Gasteiger partial charge in [0, 0.05) is 24.8 Å². The number of hydrogen-bond acceptors (Lipinski definition) is 4. The van der Waals surface area contributed by atoms with Crippen molar-refractivity contribution in [2.45, 2.75) is 63.5 Å². The quantitative estimate of drug-likeness (QED) is 0.302. The molecule has 0 bridgehead atoms. The molecular formula is C36H36F3N5O4. The van der Waals surface area contributed by atoms with E-state index in [4.69, 9.17) is 6.57 Å². The van der Waals surface area contributed by atoms with Crippen molar-refractivity contribution in [3.8, 4) is 11.1 Å². The lowest BCUT2D eigenvalue weighted by atomic mass is 9.80. The maximum absolute atomic E-state index is 14.2. The number of likely N-dealkylation sites (N-methyl/N-ethyl adjacent to an activating group) is 1. The number of benzene rings is 3. The van der Waals surface area contributed by atoms with Crippen LogP contribution in [0.25, 0.3) is 16.0 Å². The topological polar surface area (TPSA) is 103 Å². The third-order valence-electron chi connectivity index (χ3n) is 9.07. The maximum Gasteiger partial charge on any atom is 0.416 e. The summed E-state index contributed by atoms with van der Waals surface area (Å²) in [5.74, 6) is -1.83. The molecule has 2 heterocycles. The summed E-state index contributed by atoms with van der Waals surface area (Å²) in [5, 5.41) is 5.55. The molecule has 0 aliphatic carbocycles. The molecule has 4 atom stereocenters. The first-order valence-electron chi connectivity index (χ1n) is 15.6. The van der Waals surface area contributed by atoms with Crippen LogP contribution in [-0.4, -0.2) is 65.3 Å². The van der Waals surface area contributed by atoms with Crippen LogP contribution in [0, 0.1) is 12.5 Å². The van der Waals surface area contributed by atoms with E-state index >= 15 is 0 Å². The molecule has 4 amide bonds. The van der Waals surface area contributed by atoms with Gasteiger partial charge in [0.1, 0.15) is 17.5 Å². The highest BCUT2D eigenvalue weighted by molar-refractivity contribution is 6.07. The van der Waals surface area contributed by atoms with Crippen LogP contribution in [0.5, 0.6) is 0 Å². The second-order valence-corrected chi connectivity index (χ2v) is 12.8. The molecule has 2 aliphatic rings. The molecule has 0 unspecified atom stereocenters. The van der Waals surface area contributed by atoms with Gasteiger partial charge in [-0.3, -0.25) is 28.9 Å². The van der Waals surface area contributed by atoms with Gasteiger partial charge in [-0.2, -0.15) is 13.2 Å². The Morgan fingerprint density at radius 1 is 1.04 bits per heavy atom. The van der Waals surface area contributed by atoms with Gasteiger partial charge in [0.25, 0.3) is 11.8 Å². The SMILES string of the molecule is [C-]#[N+][C@@H]1C[C@@]2(CN1C(=O)[C@H](CC(C)C)N(C)C(=O)[C@H](C)NC(=O)c1cccc(-c3ccc(C(F)(F)F)cc3)c1)C(=O)Nc1ccccc12. The number of carbonyl (C=O) groups is 4. The van der Waals surface area contributed by atoms with Crippen LogP contribution in [-0.2, 0) is 26.0 Å². The molecule has 0 aromatic heterocycles. The number of halogens is 3. The highest BCUT2D eigenvalue weighted by Crippen LogP contribution is 2.47. The van der Waals surface area contributed by atoms with Gasteiger partial charge in [-0.1, -0.05) is 56.3 Å². The largest absolute Gasteiger partial charge is 0.416 e. The highest BCUT2D eigenvalue weighted by atomic mass is 19.4. The highest BCUT2D eigenvalue weighted by Gasteiger charge is 2.59. The molecule has 1 spiro atoms. The minimum absolute atomic E-state index is 0.0000848. The summed E-state index contributed by atoms with van der Waals surface area (Å²) in [6, 6.07) is 16.1. The molecule has 1 fully saturated rings. The number of carbonyl (C=O) groups excluding carboxylic acids is 4. The maximum atomic E-state index is 14.2. The molecule has 3 aromatic rings. The van der Waals surface area contributed by atoms with E-state index in [0.29, 0.717) is 16.8 Å². The average molecular weight is 660 g/mol. The fourth-order valence-electron chi connectivity index (χ4n) is 6.51. The lowest BCUT2D eigenvalue weighted by molar-refractivity contribution is -0.146. The minimum atomic E-state index is -4.47. The van der Waals surface area contributed by atoms with Crippen molar-refractivity contribution in [3.05, 3.63) is 101 Å². The van der Waals surface area contributed by atoms with Gasteiger partial charge in [0.15, 0.2) is 0 Å². The van der Waals surface area contributed by atoms with Gasteiger partial charge in [-0.15, -0.1) is 0 Å². The van der Waals surface area contributed by atoms with Crippen molar-refractivity contribution in [1.82, 2.24) is 15.1 Å². The minimum Gasteiger partial charge on any atom is -0.341 e. The average Bonchev–Trinajstić information content (AvgIpc) is 3.59. The number of nitrogens with one attached hydrogen (secondary N) is 2. The summed E-state index contributed by atoms with van der Waals surface area (Å²) < 4.78 is 39.0. The number of anilines is 1. The monoisotopic (exact) mass is 659 g/mol. The summed E-state index contributed by atoms with van der Waals surface area (Å²) in [7, 11) is 1.48. The van der Waals surface area contributed by atoms with E-state index < -0.39 is 53.1 Å². The molecule has 2 N–H and O–H groups in total. The van der Waals surface area contributed by atoms with Crippen LogP contribution < -0.4 is 10.6 Å². The second kappa shape index (κ2) is 13.1. The Bertz CT molecular complexity index is 1790. The molecule has 0 saturated carbocycles. The summed E-state index contributed by atoms with van der Waals surface area (Å²) in [6.07, 6.45) is -4.95. The smallest absolute Gasteiger partial charge is 0.341 e. The summed E-state index contributed by atoms with van der Waals surface area (Å²) in [5.41, 5.74) is 0.741. The van der Waals surface area contributed by atoms with E-state index in [2.05, 4.69) is 15.5 Å². The number of rotatable bonds is 8. The van der Waals surface area contributed by atoms with E-state index in [9.17, 15) is 32.3 Å². The van der Waals surface area contributed by atoms with Crippen molar-refractivity contribution in [2.24, 2.45) is 5.92 Å². The first-order chi connectivity index (χ1) is 22.7. The zero-order valence-corrected chi connectivity index (χ0v) is 27.0. The standard InChI is InChI=1S/C36H36F3N5O4/c1-21(2)17-29(33(47)44-20-35(19-30(44)40-4)27-11-6-7-12-28(27)42-34(35)48)43(5)32(46)22(3)41-31(45)25-10-8-9-24(18-25)23-13-15-26(16-14-23)36(37,38)39/h6-16,18,21-22,29-30H,17,19-20H2,1-3,5H3,(H,41,45)(H,42,48)/t22-,29-,30-,35-/m0/s1. The molecular weight excluding hydrogens is 623 g/mol. The molecule has 12 heteroatoms. The first-order valence-corrected chi connectivity index (χ1v) is 15.6. The summed E-state index contributed by atoms with van der Waals surface area (Å²) in [6.45, 7) is 13.2. The Labute approximate surface area is 276 Å². The van der Waals surface area contributed by atoms with Gasteiger partial charge in [-0.25, -0.2) is 6.57 Å². The number of likely N-dealkylation sites (tertiary alicyclic amines) is 1. The van der Waals surface area contributed by atoms with Crippen molar-refractivity contribution in [2.75, 3.05) is 18.9 Å². The zero-order chi connectivity index (χ0) is 35.0. The number of hydrogen-bond donors (Lipinski definition) is 2. The molecule has 5 rings (SSSR count). The van der Waals surface area contributed by atoms with E-state index in [1.807, 2.05) is 26.0 Å². The molecule has 2 aliphatic heterocycles. The normalized spacial score (nSPS) is 19.8. The fraction of sp³-hybridized carbons (Fsp3) is 0.361. The van der Waals surface area contributed by atoms with Gasteiger partial charge in [0.2, 0.25) is 11.8 Å². The van der Waals surface area contributed by atoms with Crippen molar-refractivity contribution < 1.29 is 32.3 Å². The van der Waals surface area contributed by atoms with Gasteiger partial charge in [-0.05, 0) is 66.3 Å². The second-order valence-electron chi connectivity index (χ2n) is 12.8. The van der Waals surface area contributed by atoms with Gasteiger partial charge >= 0.3 is 12.3 Å². The van der Waals surface area contributed by atoms with Crippen LogP contribution in [0.3, 0.4) is 0 Å². The predicted octanol–water partition coefficient (Wildman–Crippen LogP) is 5.73. The van der Waals surface area contributed by atoms with Crippen LogP contribution in [0.4, 0.5) is 18.9 Å². The lowest BCUT2D eigenvalue weighted by Gasteiger charge is -2.33. The van der Waals surface area contributed by atoms with E-state index in [1.54, 1.807) is 24.3 Å². The number of amides is 4. The molecule has 9 nitrogen and oxygen atoms in total. The van der Waals surface area contributed by atoms with Crippen LogP contribution in [0.15, 0.2) is 72.8 Å². The lowest BCUT2D eigenvalue weighted by Crippen LogP contribution is -2.55. The van der Waals surface area contributed by atoms with Crippen molar-refractivity contribution in [1.29, 1.82) is 0 Å². The van der Waals surface area contributed by atoms with Crippen molar-refractivity contribution >= 4 is 29.3 Å².